The summed E-state index contributed by atoms with van der Waals surface area (Å²) in [7, 11) is 0. The van der Waals surface area contributed by atoms with Gasteiger partial charge in [-0.1, -0.05) is 30.7 Å². The molecule has 0 heterocycles. The summed E-state index contributed by atoms with van der Waals surface area (Å²) in [5, 5.41) is 4.03. The van der Waals surface area contributed by atoms with Crippen molar-refractivity contribution in [1.29, 1.82) is 0 Å². The highest BCUT2D eigenvalue weighted by molar-refractivity contribution is 6.30. The lowest BCUT2D eigenvalue weighted by Gasteiger charge is -2.05. The number of benzene rings is 1. The number of hydrogen-bond donors (Lipinski definition) is 2. The summed E-state index contributed by atoms with van der Waals surface area (Å²) in [6, 6.07) is 8.42. The predicted molar refractivity (Wildman–Crippen MR) is 72.5 cm³/mol. The smallest absolute Gasteiger partial charge is 0.188 e. The lowest BCUT2D eigenvalue weighted by atomic mass is 10.1. The molecule has 1 fully saturated rings. The van der Waals surface area contributed by atoms with Gasteiger partial charge in [0.25, 0.3) is 0 Å². The van der Waals surface area contributed by atoms with E-state index in [1.807, 2.05) is 18.2 Å². The summed E-state index contributed by atoms with van der Waals surface area (Å²) in [5.74, 6) is 1.07. The van der Waals surface area contributed by atoms with Crippen LogP contribution in [0.1, 0.15) is 31.2 Å². The average Bonchev–Trinajstić information content (AvgIpc) is 3.05. The molecule has 2 rings (SSSR count). The fraction of sp³-hybridized carbons (Fsp3) is 0.462. The molecule has 0 spiro atoms. The van der Waals surface area contributed by atoms with Crippen LogP contribution in [0, 0.1) is 0 Å². The molecule has 0 amide bonds. The van der Waals surface area contributed by atoms with Crippen LogP contribution in [-0.2, 0) is 0 Å². The van der Waals surface area contributed by atoms with Gasteiger partial charge in [0.15, 0.2) is 5.96 Å². The topological polar surface area (TPSA) is 50.4 Å². The fourth-order valence-corrected chi connectivity index (χ4v) is 2.13. The van der Waals surface area contributed by atoms with Crippen LogP contribution >= 0.6 is 11.6 Å². The Morgan fingerprint density at radius 3 is 3.12 bits per heavy atom. The van der Waals surface area contributed by atoms with Crippen molar-refractivity contribution >= 4 is 17.6 Å². The first-order valence-corrected chi connectivity index (χ1v) is 6.40. The third-order valence-electron chi connectivity index (χ3n) is 2.91. The molecule has 4 heteroatoms. The van der Waals surface area contributed by atoms with Crippen molar-refractivity contribution in [3.05, 3.63) is 34.9 Å². The molecule has 1 aromatic rings. The van der Waals surface area contributed by atoms with E-state index in [-0.39, 0.29) is 0 Å². The Kier molecular flexibility index (Phi) is 3.89. The maximum Gasteiger partial charge on any atom is 0.188 e. The molecule has 92 valence electrons. The van der Waals surface area contributed by atoms with Crippen LogP contribution in [-0.4, -0.2) is 18.5 Å². The average molecular weight is 252 g/mol. The molecule has 1 aromatic carbocycles. The number of nitrogens with one attached hydrogen (secondary N) is 1. The second kappa shape index (κ2) is 5.41. The Morgan fingerprint density at radius 2 is 2.41 bits per heavy atom. The summed E-state index contributed by atoms with van der Waals surface area (Å²) < 4.78 is 0. The van der Waals surface area contributed by atoms with Gasteiger partial charge < -0.3 is 11.1 Å². The number of hydrogen-bond acceptors (Lipinski definition) is 1. The lowest BCUT2D eigenvalue weighted by molar-refractivity contribution is 0.838. The van der Waals surface area contributed by atoms with Crippen molar-refractivity contribution in [3.8, 4) is 0 Å². The van der Waals surface area contributed by atoms with Crippen LogP contribution in [0.4, 0.5) is 0 Å². The molecule has 2 unspecified atom stereocenters. The molecule has 0 aromatic heterocycles. The minimum Gasteiger partial charge on any atom is -0.370 e. The molecular weight excluding hydrogens is 234 g/mol. The van der Waals surface area contributed by atoms with E-state index in [2.05, 4.69) is 23.3 Å². The van der Waals surface area contributed by atoms with E-state index in [9.17, 15) is 0 Å². The van der Waals surface area contributed by atoms with Gasteiger partial charge in [0, 0.05) is 23.5 Å². The minimum absolute atomic E-state index is 0.411. The maximum atomic E-state index is 5.97. The Balaban J connectivity index is 1.88. The normalized spacial score (nSPS) is 23.5. The Labute approximate surface area is 107 Å². The molecule has 0 bridgehead atoms. The number of aliphatic imine (C=N–C) groups is 1. The summed E-state index contributed by atoms with van der Waals surface area (Å²) in [4.78, 5) is 4.23. The second-order valence-electron chi connectivity index (χ2n) is 4.41. The molecule has 0 radical (unpaired) electrons. The minimum atomic E-state index is 0.411. The van der Waals surface area contributed by atoms with Gasteiger partial charge >= 0.3 is 0 Å². The van der Waals surface area contributed by atoms with Crippen molar-refractivity contribution < 1.29 is 0 Å². The SMILES string of the molecule is CCCN=C(N)NC1CC1c1cccc(Cl)c1. The van der Waals surface area contributed by atoms with Crippen molar-refractivity contribution in [2.24, 2.45) is 10.7 Å². The van der Waals surface area contributed by atoms with Gasteiger partial charge in [0.1, 0.15) is 0 Å². The molecule has 1 aliphatic rings. The van der Waals surface area contributed by atoms with Gasteiger partial charge in [-0.15, -0.1) is 0 Å². The number of halogens is 1. The Morgan fingerprint density at radius 1 is 1.59 bits per heavy atom. The van der Waals surface area contributed by atoms with E-state index < -0.39 is 0 Å². The standard InChI is InChI=1S/C13H18ClN3/c1-2-6-16-13(15)17-12-8-11(12)9-4-3-5-10(14)7-9/h3-5,7,11-12H,2,6,8H2,1H3,(H3,15,16,17). The van der Waals surface area contributed by atoms with E-state index in [1.165, 1.54) is 5.56 Å². The van der Waals surface area contributed by atoms with Gasteiger partial charge in [-0.05, 0) is 30.5 Å². The molecule has 2 atom stereocenters. The number of nitrogens with two attached hydrogens (primary N) is 1. The Hall–Kier alpha value is -1.22. The lowest BCUT2D eigenvalue weighted by Crippen LogP contribution is -2.34. The zero-order valence-electron chi connectivity index (χ0n) is 9.99. The van der Waals surface area contributed by atoms with Gasteiger partial charge in [0.05, 0.1) is 0 Å². The van der Waals surface area contributed by atoms with Crippen molar-refractivity contribution in [2.75, 3.05) is 6.54 Å². The van der Waals surface area contributed by atoms with Crippen LogP contribution in [0.3, 0.4) is 0 Å². The molecule has 3 nitrogen and oxygen atoms in total. The number of guanidine groups is 1. The first-order valence-electron chi connectivity index (χ1n) is 6.02. The van der Waals surface area contributed by atoms with Gasteiger partial charge in [-0.3, -0.25) is 4.99 Å². The summed E-state index contributed by atoms with van der Waals surface area (Å²) in [6.45, 7) is 2.87. The monoisotopic (exact) mass is 251 g/mol. The van der Waals surface area contributed by atoms with Crippen molar-refractivity contribution in [3.63, 3.8) is 0 Å². The molecule has 3 N–H and O–H groups in total. The molecule has 0 aliphatic heterocycles. The highest BCUT2D eigenvalue weighted by atomic mass is 35.5. The molecule has 0 saturated heterocycles. The fourth-order valence-electron chi connectivity index (χ4n) is 1.93. The van der Waals surface area contributed by atoms with Crippen LogP contribution in [0.2, 0.25) is 5.02 Å². The zero-order valence-corrected chi connectivity index (χ0v) is 10.7. The molecular formula is C13H18ClN3. The second-order valence-corrected chi connectivity index (χ2v) is 4.85. The van der Waals surface area contributed by atoms with E-state index in [0.29, 0.717) is 17.9 Å². The highest BCUT2D eigenvalue weighted by Crippen LogP contribution is 2.41. The first kappa shape index (κ1) is 12.2. The Bertz CT molecular complexity index is 417. The largest absolute Gasteiger partial charge is 0.370 e. The van der Waals surface area contributed by atoms with E-state index in [1.54, 1.807) is 0 Å². The third kappa shape index (κ3) is 3.37. The van der Waals surface area contributed by atoms with Crippen LogP contribution in [0.25, 0.3) is 0 Å². The number of nitrogens with zero attached hydrogens (tertiary/aromatic N) is 1. The van der Waals surface area contributed by atoms with E-state index in [0.717, 1.165) is 24.4 Å². The third-order valence-corrected chi connectivity index (χ3v) is 3.14. The molecule has 17 heavy (non-hydrogen) atoms. The zero-order chi connectivity index (χ0) is 12.3. The number of rotatable bonds is 4. The van der Waals surface area contributed by atoms with Crippen LogP contribution in [0.15, 0.2) is 29.3 Å². The van der Waals surface area contributed by atoms with Crippen molar-refractivity contribution in [2.45, 2.75) is 31.7 Å². The van der Waals surface area contributed by atoms with Gasteiger partial charge in [-0.25, -0.2) is 0 Å². The van der Waals surface area contributed by atoms with E-state index in [4.69, 9.17) is 17.3 Å². The van der Waals surface area contributed by atoms with Gasteiger partial charge in [-0.2, -0.15) is 0 Å². The summed E-state index contributed by atoms with van der Waals surface area (Å²) >= 11 is 5.97. The summed E-state index contributed by atoms with van der Waals surface area (Å²) in [6.07, 6.45) is 2.12. The molecule has 1 saturated carbocycles. The quantitative estimate of drug-likeness (QED) is 0.638. The van der Waals surface area contributed by atoms with Crippen molar-refractivity contribution in [1.82, 2.24) is 5.32 Å². The predicted octanol–water partition coefficient (Wildman–Crippen LogP) is 2.51. The van der Waals surface area contributed by atoms with Crippen LogP contribution in [0.5, 0.6) is 0 Å². The van der Waals surface area contributed by atoms with Gasteiger partial charge in [0.2, 0.25) is 0 Å². The molecule has 1 aliphatic carbocycles. The highest BCUT2D eigenvalue weighted by Gasteiger charge is 2.38. The van der Waals surface area contributed by atoms with Crippen LogP contribution < -0.4 is 11.1 Å². The maximum absolute atomic E-state index is 5.97. The summed E-state index contributed by atoms with van der Waals surface area (Å²) in [5.41, 5.74) is 7.06. The van der Waals surface area contributed by atoms with E-state index >= 15 is 0 Å². The first-order chi connectivity index (χ1) is 8.20.